The van der Waals surface area contributed by atoms with Crippen LogP contribution in [0.4, 0.5) is 13.2 Å². The first-order valence-corrected chi connectivity index (χ1v) is 32.8. The van der Waals surface area contributed by atoms with Crippen LogP contribution < -0.4 is 21.3 Å². The number of rotatable bonds is 9. The van der Waals surface area contributed by atoms with Crippen molar-refractivity contribution in [1.29, 1.82) is 0 Å². The molecular formula is C64H119ClF3N11. The van der Waals surface area contributed by atoms with Gasteiger partial charge in [0.1, 0.15) is 0 Å². The van der Waals surface area contributed by atoms with E-state index in [1.54, 1.807) is 12.1 Å². The second kappa shape index (κ2) is 33.5. The van der Waals surface area contributed by atoms with Crippen LogP contribution in [0.3, 0.4) is 0 Å². The number of aryl methyl sites for hydroxylation is 1. The SMILES string of the molecule is CC(C)C[C@H]1CN[C@@H](C2CCC2)CN(C)CCN(C)CCN(C)[C@@H](CC2CCCCC2)CN(C)CCN[C@@H](CCc2ccc(C(F)(F)F)c(Cl)c2)CN2CCC[C@H]2CNC2(CCCC2)CN(C)[C@@H](C(C)C)CN[C@H](C)CCN1C. The summed E-state index contributed by atoms with van der Waals surface area (Å²) in [5.41, 5.74) is 0.215. The summed E-state index contributed by atoms with van der Waals surface area (Å²) in [4.78, 5) is 18.5. The van der Waals surface area contributed by atoms with Crippen LogP contribution >= 0.6 is 11.6 Å². The smallest absolute Gasteiger partial charge is 0.313 e. The maximum Gasteiger partial charge on any atom is 0.417 e. The van der Waals surface area contributed by atoms with Crippen LogP contribution in [0.2, 0.25) is 5.02 Å². The molecule has 5 aliphatic rings. The molecule has 1 spiro atoms. The summed E-state index contributed by atoms with van der Waals surface area (Å²) in [6.45, 7) is 27.5. The van der Waals surface area contributed by atoms with Crippen LogP contribution in [0.5, 0.6) is 0 Å². The molecule has 3 aliphatic carbocycles. The fourth-order valence-corrected chi connectivity index (χ4v) is 14.8. The van der Waals surface area contributed by atoms with Crippen LogP contribution in [-0.2, 0) is 12.6 Å². The molecule has 0 radical (unpaired) electrons. The third-order valence-electron chi connectivity index (χ3n) is 20.1. The highest BCUT2D eigenvalue weighted by atomic mass is 35.5. The van der Waals surface area contributed by atoms with Gasteiger partial charge in [0.25, 0.3) is 0 Å². The van der Waals surface area contributed by atoms with Gasteiger partial charge in [-0.25, -0.2) is 0 Å². The van der Waals surface area contributed by atoms with Crippen molar-refractivity contribution >= 4 is 11.6 Å². The Morgan fingerprint density at radius 3 is 2.03 bits per heavy atom. The Morgan fingerprint density at radius 2 is 1.35 bits per heavy atom. The third-order valence-corrected chi connectivity index (χ3v) is 20.4. The highest BCUT2D eigenvalue weighted by molar-refractivity contribution is 6.31. The summed E-state index contributed by atoms with van der Waals surface area (Å²) in [5, 5.41) is 16.4. The lowest BCUT2D eigenvalue weighted by molar-refractivity contribution is -0.137. The first kappa shape index (κ1) is 67.0. The van der Waals surface area contributed by atoms with Gasteiger partial charge in [-0.15, -0.1) is 0 Å². The number of likely N-dealkylation sites (N-methyl/N-ethyl adjacent to an activating group) is 6. The molecule has 6 rings (SSSR count). The molecule has 7 atom stereocenters. The molecule has 0 amide bonds. The zero-order chi connectivity index (χ0) is 57.1. The van der Waals surface area contributed by atoms with Gasteiger partial charge in [0, 0.05) is 133 Å². The largest absolute Gasteiger partial charge is 0.417 e. The van der Waals surface area contributed by atoms with E-state index in [9.17, 15) is 13.2 Å². The number of fused-ring (bicyclic) bond motifs is 1. The van der Waals surface area contributed by atoms with Crippen molar-refractivity contribution in [2.24, 2.45) is 23.7 Å². The van der Waals surface area contributed by atoms with Gasteiger partial charge in [-0.3, -0.25) is 4.90 Å². The molecule has 0 aromatic heterocycles. The fourth-order valence-electron chi connectivity index (χ4n) is 14.4. The van der Waals surface area contributed by atoms with Gasteiger partial charge < -0.3 is 50.7 Å². The molecule has 4 N–H and O–H groups in total. The Morgan fingerprint density at radius 1 is 0.658 bits per heavy atom. The molecule has 3 saturated carbocycles. The van der Waals surface area contributed by atoms with Crippen LogP contribution in [0, 0.1) is 23.7 Å². The minimum atomic E-state index is -4.46. The molecule has 1 aromatic carbocycles. The van der Waals surface area contributed by atoms with Crippen LogP contribution in [0.15, 0.2) is 18.2 Å². The monoisotopic (exact) mass is 1130 g/mol. The first-order chi connectivity index (χ1) is 37.7. The summed E-state index contributed by atoms with van der Waals surface area (Å²) >= 11 is 6.28. The van der Waals surface area contributed by atoms with Gasteiger partial charge in [-0.2, -0.15) is 13.2 Å². The molecule has 15 heteroatoms. The van der Waals surface area contributed by atoms with E-state index in [1.807, 2.05) is 0 Å². The Hall–Kier alpha value is -1.14. The number of benzene rings is 1. The second-order valence-corrected chi connectivity index (χ2v) is 28.1. The molecule has 0 unspecified atom stereocenters. The maximum atomic E-state index is 13.7. The summed E-state index contributed by atoms with van der Waals surface area (Å²) in [5.74, 6) is 2.77. The maximum absolute atomic E-state index is 13.7. The Balaban J connectivity index is 1.18. The lowest BCUT2D eigenvalue weighted by Crippen LogP contribution is -2.58. The molecule has 5 fully saturated rings. The second-order valence-electron chi connectivity index (χ2n) is 27.7. The van der Waals surface area contributed by atoms with Gasteiger partial charge in [-0.05, 0) is 174 Å². The third kappa shape index (κ3) is 22.7. The number of halogens is 4. The fraction of sp³-hybridized carbons (Fsp3) is 0.906. The highest BCUT2D eigenvalue weighted by Crippen LogP contribution is 2.36. The van der Waals surface area contributed by atoms with Crippen LogP contribution in [0.1, 0.15) is 161 Å². The Labute approximate surface area is 487 Å². The Kier molecular flexibility index (Phi) is 28.4. The van der Waals surface area contributed by atoms with E-state index in [-0.39, 0.29) is 16.6 Å². The normalized spacial score (nSPS) is 30.7. The van der Waals surface area contributed by atoms with Gasteiger partial charge in [0.15, 0.2) is 0 Å². The van der Waals surface area contributed by atoms with Crippen LogP contribution in [0.25, 0.3) is 0 Å². The molecule has 11 nitrogen and oxygen atoms in total. The number of alkyl halides is 3. The quantitative estimate of drug-likeness (QED) is 0.191. The van der Waals surface area contributed by atoms with Crippen LogP contribution in [-0.4, -0.2) is 223 Å². The van der Waals surface area contributed by atoms with Crippen molar-refractivity contribution in [2.75, 3.05) is 140 Å². The molecule has 2 saturated heterocycles. The summed E-state index contributed by atoms with van der Waals surface area (Å²) in [6.07, 6.45) is 19.0. The minimum absolute atomic E-state index is 0.108. The number of hydrogen-bond acceptors (Lipinski definition) is 11. The van der Waals surface area contributed by atoms with Crippen molar-refractivity contribution in [3.8, 4) is 0 Å². The van der Waals surface area contributed by atoms with Crippen molar-refractivity contribution in [3.63, 3.8) is 0 Å². The molecule has 1 aromatic rings. The molecule has 2 aliphatic heterocycles. The van der Waals surface area contributed by atoms with E-state index in [0.717, 1.165) is 128 Å². The standard InChI is InChI=1S/C64H119ClF3N11/c1-49(2)39-57-42-71-61(54-21-17-22-54)47-75(8)36-35-73(6)37-38-77(10)58(40-52-19-13-12-14-20-52)46-74(7)34-31-69-55(26-24-53-25-27-59(60(65)41-53)64(66,67)68)45-79-32-18-23-56(79)43-72-63(29-15-16-30-63)48-78(11)62(50(3)4)44-70-51(5)28-33-76(57)9/h25,27,41,49-52,54-58,61-62,69-72H,12-24,26,28-40,42-48H2,1-11H3/t51-,55+,56+,57+,58+,61-,62-/m1/s1. The lowest BCUT2D eigenvalue weighted by atomic mass is 9.79. The zero-order valence-electron chi connectivity index (χ0n) is 52.3. The van der Waals surface area contributed by atoms with Gasteiger partial charge in [0.05, 0.1) is 10.6 Å². The van der Waals surface area contributed by atoms with Gasteiger partial charge >= 0.3 is 6.18 Å². The topological polar surface area (TPSA) is 70.8 Å². The van der Waals surface area contributed by atoms with Gasteiger partial charge in [0.2, 0.25) is 0 Å². The van der Waals surface area contributed by atoms with E-state index in [0.29, 0.717) is 54.5 Å². The number of nitrogens with zero attached hydrogens (tertiary/aromatic N) is 7. The van der Waals surface area contributed by atoms with Crippen molar-refractivity contribution in [1.82, 2.24) is 55.6 Å². The number of hydrogen-bond donors (Lipinski definition) is 4. The summed E-state index contributed by atoms with van der Waals surface area (Å²) in [7, 11) is 14.1. The first-order valence-electron chi connectivity index (χ1n) is 32.4. The molecular weight excluding hydrogens is 1020 g/mol. The molecule has 79 heavy (non-hydrogen) atoms. The summed E-state index contributed by atoms with van der Waals surface area (Å²) in [6, 6.07) is 7.43. The van der Waals surface area contributed by atoms with Gasteiger partial charge in [-0.1, -0.05) is 96.7 Å². The average Bonchev–Trinajstić information content (AvgIpc) is 4.04. The van der Waals surface area contributed by atoms with E-state index < -0.39 is 11.7 Å². The van der Waals surface area contributed by atoms with E-state index in [2.05, 4.69) is 132 Å². The highest BCUT2D eigenvalue weighted by Gasteiger charge is 2.39. The zero-order valence-corrected chi connectivity index (χ0v) is 53.0. The van der Waals surface area contributed by atoms with Crippen molar-refractivity contribution in [2.45, 2.75) is 211 Å². The minimum Gasteiger partial charge on any atom is -0.313 e. The van der Waals surface area contributed by atoms with Crippen molar-refractivity contribution in [3.05, 3.63) is 34.3 Å². The Bertz CT molecular complexity index is 1830. The lowest BCUT2D eigenvalue weighted by Gasteiger charge is -2.41. The molecule has 2 heterocycles. The van der Waals surface area contributed by atoms with E-state index in [1.165, 1.54) is 109 Å². The van der Waals surface area contributed by atoms with E-state index >= 15 is 0 Å². The predicted molar refractivity (Wildman–Crippen MR) is 329 cm³/mol. The van der Waals surface area contributed by atoms with Crippen molar-refractivity contribution < 1.29 is 13.2 Å². The average molecular weight is 1140 g/mol. The molecule has 458 valence electrons. The number of nitrogens with one attached hydrogen (secondary N) is 4. The predicted octanol–water partition coefficient (Wildman–Crippen LogP) is 10.1. The van der Waals surface area contributed by atoms with E-state index in [4.69, 9.17) is 11.6 Å². The molecule has 0 bridgehead atoms. The summed E-state index contributed by atoms with van der Waals surface area (Å²) < 4.78 is 41.2.